The van der Waals surface area contributed by atoms with E-state index in [0.29, 0.717) is 11.8 Å². The summed E-state index contributed by atoms with van der Waals surface area (Å²) >= 11 is 0. The van der Waals surface area contributed by atoms with Crippen molar-refractivity contribution >= 4 is 0 Å². The second-order valence-electron chi connectivity index (χ2n) is 5.08. The second-order valence-corrected chi connectivity index (χ2v) is 5.08. The lowest BCUT2D eigenvalue weighted by Gasteiger charge is -2.52. The molecule has 16 heavy (non-hydrogen) atoms. The molecule has 2 aliphatic heterocycles. The van der Waals surface area contributed by atoms with E-state index < -0.39 is 0 Å². The molecule has 0 amide bonds. The largest absolute Gasteiger partial charge is 0.347 e. The molecule has 0 spiro atoms. The van der Waals surface area contributed by atoms with Gasteiger partial charge in [0.1, 0.15) is 0 Å². The van der Waals surface area contributed by atoms with Crippen molar-refractivity contribution in [2.75, 3.05) is 0 Å². The standard InChI is InChI=1S/C11H13N3O2/c1-12-10(15)13-8-4-5-9(14(13)11(12)16)7-3-2-6(7)8/h4-9H,2-3H2,1H3. The first-order valence-corrected chi connectivity index (χ1v) is 5.78. The maximum atomic E-state index is 12.0. The Bertz CT molecular complexity index is 567. The summed E-state index contributed by atoms with van der Waals surface area (Å²) in [6.07, 6.45) is 6.58. The lowest BCUT2D eigenvalue weighted by molar-refractivity contribution is 0.0154. The number of allylic oxidation sites excluding steroid dienone is 2. The Kier molecular flexibility index (Phi) is 1.30. The van der Waals surface area contributed by atoms with Gasteiger partial charge in [0.15, 0.2) is 0 Å². The van der Waals surface area contributed by atoms with E-state index in [9.17, 15) is 9.59 Å². The maximum Gasteiger partial charge on any atom is 0.347 e. The van der Waals surface area contributed by atoms with Gasteiger partial charge in [-0.05, 0) is 24.7 Å². The van der Waals surface area contributed by atoms with Gasteiger partial charge in [0, 0.05) is 7.05 Å². The molecule has 0 radical (unpaired) electrons. The molecule has 0 N–H and O–H groups in total. The molecule has 1 aromatic heterocycles. The van der Waals surface area contributed by atoms with Crippen LogP contribution in [0.5, 0.6) is 0 Å². The van der Waals surface area contributed by atoms with Gasteiger partial charge in [0.25, 0.3) is 0 Å². The Hall–Kier alpha value is -1.52. The van der Waals surface area contributed by atoms with Crippen molar-refractivity contribution in [2.45, 2.75) is 24.9 Å². The molecule has 5 rings (SSSR count). The molecule has 1 aromatic rings. The fourth-order valence-electron chi connectivity index (χ4n) is 3.55. The van der Waals surface area contributed by atoms with Crippen molar-refractivity contribution in [3.63, 3.8) is 0 Å². The molecule has 1 saturated carbocycles. The second kappa shape index (κ2) is 2.42. The number of rotatable bonds is 0. The molecule has 2 bridgehead atoms. The van der Waals surface area contributed by atoms with Crippen LogP contribution < -0.4 is 11.4 Å². The summed E-state index contributed by atoms with van der Waals surface area (Å²) in [5.41, 5.74) is -0.343. The molecule has 0 saturated heterocycles. The van der Waals surface area contributed by atoms with E-state index in [0.717, 1.165) is 0 Å². The third kappa shape index (κ3) is 0.700. The van der Waals surface area contributed by atoms with Crippen LogP contribution >= 0.6 is 0 Å². The molecule has 2 aliphatic carbocycles. The molecule has 5 heteroatoms. The highest BCUT2D eigenvalue weighted by Crippen LogP contribution is 2.53. The van der Waals surface area contributed by atoms with Crippen LogP contribution in [-0.4, -0.2) is 13.9 Å². The third-order valence-corrected chi connectivity index (χ3v) is 4.53. The average molecular weight is 219 g/mol. The summed E-state index contributed by atoms with van der Waals surface area (Å²) in [4.78, 5) is 23.9. The molecule has 4 aliphatic rings. The van der Waals surface area contributed by atoms with E-state index in [2.05, 4.69) is 12.2 Å². The van der Waals surface area contributed by atoms with Crippen LogP contribution in [0.1, 0.15) is 24.9 Å². The molecular formula is C11H13N3O2. The first kappa shape index (κ1) is 8.61. The van der Waals surface area contributed by atoms with Crippen LogP contribution in [-0.2, 0) is 7.05 Å². The van der Waals surface area contributed by atoms with Gasteiger partial charge in [-0.25, -0.2) is 23.5 Å². The average Bonchev–Trinajstić information content (AvgIpc) is 2.45. The van der Waals surface area contributed by atoms with Gasteiger partial charge in [0.05, 0.1) is 12.1 Å². The van der Waals surface area contributed by atoms with E-state index in [1.807, 2.05) is 0 Å². The highest BCUT2D eigenvalue weighted by Gasteiger charge is 2.50. The molecule has 4 unspecified atom stereocenters. The van der Waals surface area contributed by atoms with Crippen LogP contribution in [0.2, 0.25) is 0 Å². The predicted octanol–water partition coefficient (Wildman–Crippen LogP) is 0.0403. The van der Waals surface area contributed by atoms with Crippen molar-refractivity contribution < 1.29 is 0 Å². The SMILES string of the molecule is Cn1c(=O)n2n(c1=O)C1C=CC2C2CCC21. The molecule has 84 valence electrons. The summed E-state index contributed by atoms with van der Waals surface area (Å²) in [6.45, 7) is 0. The number of nitrogens with zero attached hydrogens (tertiary/aromatic N) is 3. The summed E-state index contributed by atoms with van der Waals surface area (Å²) in [6, 6.07) is 0.232. The lowest BCUT2D eigenvalue weighted by Crippen LogP contribution is -2.52. The van der Waals surface area contributed by atoms with Crippen molar-refractivity contribution in [1.82, 2.24) is 13.9 Å². The van der Waals surface area contributed by atoms with Gasteiger partial charge in [-0.3, -0.25) is 0 Å². The number of hydrogen-bond acceptors (Lipinski definition) is 2. The Morgan fingerprint density at radius 2 is 1.44 bits per heavy atom. The van der Waals surface area contributed by atoms with Gasteiger partial charge < -0.3 is 0 Å². The Morgan fingerprint density at radius 1 is 1.00 bits per heavy atom. The fourth-order valence-corrected chi connectivity index (χ4v) is 3.55. The normalized spacial score (nSPS) is 38.1. The van der Waals surface area contributed by atoms with Crippen molar-refractivity contribution in [3.05, 3.63) is 33.1 Å². The van der Waals surface area contributed by atoms with Crippen LogP contribution in [0.3, 0.4) is 0 Å². The third-order valence-electron chi connectivity index (χ3n) is 4.53. The zero-order valence-electron chi connectivity index (χ0n) is 9.04. The number of aromatic nitrogens is 3. The summed E-state index contributed by atoms with van der Waals surface area (Å²) < 4.78 is 4.54. The minimum Gasteiger partial charge on any atom is -0.246 e. The Balaban J connectivity index is 2.10. The first-order valence-electron chi connectivity index (χ1n) is 5.78. The van der Waals surface area contributed by atoms with Crippen molar-refractivity contribution in [1.29, 1.82) is 0 Å². The van der Waals surface area contributed by atoms with Crippen LogP contribution in [0.4, 0.5) is 0 Å². The highest BCUT2D eigenvalue weighted by molar-refractivity contribution is 5.17. The molecule has 3 heterocycles. The van der Waals surface area contributed by atoms with E-state index in [1.165, 1.54) is 17.4 Å². The topological polar surface area (TPSA) is 48.9 Å². The van der Waals surface area contributed by atoms with E-state index >= 15 is 0 Å². The highest BCUT2D eigenvalue weighted by atomic mass is 16.2. The minimum atomic E-state index is -0.172. The van der Waals surface area contributed by atoms with E-state index in [4.69, 9.17) is 0 Å². The van der Waals surface area contributed by atoms with Crippen molar-refractivity contribution in [2.24, 2.45) is 18.9 Å². The van der Waals surface area contributed by atoms with E-state index in [1.54, 1.807) is 16.4 Å². The van der Waals surface area contributed by atoms with Crippen LogP contribution in [0.15, 0.2) is 21.7 Å². The molecule has 1 fully saturated rings. The zero-order valence-corrected chi connectivity index (χ0v) is 9.04. The van der Waals surface area contributed by atoms with Crippen LogP contribution in [0, 0.1) is 11.8 Å². The van der Waals surface area contributed by atoms with Gasteiger partial charge in [-0.15, -0.1) is 0 Å². The van der Waals surface area contributed by atoms with Crippen LogP contribution in [0.25, 0.3) is 0 Å². The molecule has 0 aromatic carbocycles. The summed E-state index contributed by atoms with van der Waals surface area (Å²) in [7, 11) is 1.56. The van der Waals surface area contributed by atoms with Crippen molar-refractivity contribution in [3.8, 4) is 0 Å². The summed E-state index contributed by atoms with van der Waals surface area (Å²) in [5, 5.41) is 0. The minimum absolute atomic E-state index is 0.116. The van der Waals surface area contributed by atoms with Gasteiger partial charge in [-0.1, -0.05) is 12.2 Å². The lowest BCUT2D eigenvalue weighted by atomic mass is 9.62. The quantitative estimate of drug-likeness (QED) is 0.578. The summed E-state index contributed by atoms with van der Waals surface area (Å²) in [5.74, 6) is 1.16. The molecular weight excluding hydrogens is 206 g/mol. The van der Waals surface area contributed by atoms with Gasteiger partial charge in [-0.2, -0.15) is 0 Å². The number of hydrogen-bond donors (Lipinski definition) is 0. The zero-order chi connectivity index (χ0) is 11.0. The van der Waals surface area contributed by atoms with Gasteiger partial charge in [0.2, 0.25) is 0 Å². The first-order chi connectivity index (χ1) is 7.70. The van der Waals surface area contributed by atoms with Gasteiger partial charge >= 0.3 is 11.4 Å². The Morgan fingerprint density at radius 3 is 1.81 bits per heavy atom. The fraction of sp³-hybridized carbons (Fsp3) is 0.636. The Labute approximate surface area is 91.6 Å². The predicted molar refractivity (Wildman–Crippen MR) is 57.4 cm³/mol. The molecule has 5 nitrogen and oxygen atoms in total. The van der Waals surface area contributed by atoms with E-state index in [-0.39, 0.29) is 23.5 Å². The monoisotopic (exact) mass is 219 g/mol. The smallest absolute Gasteiger partial charge is 0.246 e. The molecule has 4 atom stereocenters. The maximum absolute atomic E-state index is 12.0.